The molecule has 21 heavy (non-hydrogen) atoms. The van der Waals surface area contributed by atoms with Crippen LogP contribution in [0.5, 0.6) is 0 Å². The molecule has 7 nitrogen and oxygen atoms in total. The monoisotopic (exact) mass is 316 g/mol. The minimum atomic E-state index is -3.49. The topological polar surface area (TPSA) is 76.5 Å². The highest BCUT2D eigenvalue weighted by Gasteiger charge is 2.26. The first-order chi connectivity index (χ1) is 9.78. The van der Waals surface area contributed by atoms with E-state index in [0.29, 0.717) is 6.54 Å². The van der Waals surface area contributed by atoms with Crippen LogP contribution in [0.1, 0.15) is 20.8 Å². The van der Waals surface area contributed by atoms with Gasteiger partial charge in [-0.25, -0.2) is 13.1 Å². The summed E-state index contributed by atoms with van der Waals surface area (Å²) in [5.74, 6) is 0. The van der Waals surface area contributed by atoms with Gasteiger partial charge in [-0.05, 0) is 20.8 Å². The normalized spacial score (nSPS) is 25.9. The van der Waals surface area contributed by atoms with Crippen LogP contribution in [0.25, 0.3) is 0 Å². The van der Waals surface area contributed by atoms with Gasteiger partial charge < -0.3 is 4.74 Å². The molecule has 0 unspecified atom stereocenters. The fourth-order valence-corrected chi connectivity index (χ4v) is 3.66. The lowest BCUT2D eigenvalue weighted by atomic mass is 10.2. The van der Waals surface area contributed by atoms with Crippen LogP contribution in [0.4, 0.5) is 0 Å². The molecule has 2 rings (SSSR count). The molecule has 0 bridgehead atoms. The van der Waals surface area contributed by atoms with E-state index in [1.807, 2.05) is 20.8 Å². The zero-order valence-corrected chi connectivity index (χ0v) is 13.8. The Bertz CT molecular complexity index is 562. The second kappa shape index (κ2) is 6.43. The third-order valence-corrected chi connectivity index (χ3v) is 5.01. The maximum atomic E-state index is 12.2. The molecule has 0 aliphatic carbocycles. The molecule has 1 fully saturated rings. The van der Waals surface area contributed by atoms with E-state index < -0.39 is 10.0 Å². The van der Waals surface area contributed by atoms with Crippen LogP contribution in [0.2, 0.25) is 0 Å². The first kappa shape index (κ1) is 16.4. The highest BCUT2D eigenvalue weighted by atomic mass is 32.2. The van der Waals surface area contributed by atoms with Crippen LogP contribution >= 0.6 is 0 Å². The van der Waals surface area contributed by atoms with Gasteiger partial charge in [0.25, 0.3) is 0 Å². The van der Waals surface area contributed by atoms with Gasteiger partial charge in [-0.3, -0.25) is 9.58 Å². The predicted molar refractivity (Wildman–Crippen MR) is 79.4 cm³/mol. The number of aromatic nitrogens is 2. The zero-order chi connectivity index (χ0) is 15.6. The Hall–Kier alpha value is -0.960. The molecule has 3 atom stereocenters. The molecular formula is C13H24N4O3S. The molecule has 2 heterocycles. The molecule has 1 aliphatic rings. The number of rotatable bonds is 5. The van der Waals surface area contributed by atoms with Crippen molar-refractivity contribution in [2.24, 2.45) is 7.05 Å². The van der Waals surface area contributed by atoms with Gasteiger partial charge in [0.15, 0.2) is 0 Å². The van der Waals surface area contributed by atoms with Gasteiger partial charge in [0.1, 0.15) is 4.90 Å². The van der Waals surface area contributed by atoms with E-state index in [2.05, 4.69) is 14.7 Å². The minimum Gasteiger partial charge on any atom is -0.373 e. The van der Waals surface area contributed by atoms with Gasteiger partial charge in [-0.1, -0.05) is 0 Å². The molecule has 1 N–H and O–H groups in total. The Morgan fingerprint density at radius 2 is 2.05 bits per heavy atom. The summed E-state index contributed by atoms with van der Waals surface area (Å²) in [4.78, 5) is 2.45. The molecule has 0 aromatic carbocycles. The Balaban J connectivity index is 1.93. The van der Waals surface area contributed by atoms with Crippen molar-refractivity contribution < 1.29 is 13.2 Å². The summed E-state index contributed by atoms with van der Waals surface area (Å²) in [6.07, 6.45) is 3.19. The minimum absolute atomic E-state index is 0.116. The smallest absolute Gasteiger partial charge is 0.243 e. The lowest BCUT2D eigenvalue weighted by Crippen LogP contribution is -2.52. The third-order valence-electron chi connectivity index (χ3n) is 3.63. The maximum Gasteiger partial charge on any atom is 0.243 e. The van der Waals surface area contributed by atoms with Gasteiger partial charge in [-0.15, -0.1) is 0 Å². The van der Waals surface area contributed by atoms with Gasteiger partial charge >= 0.3 is 0 Å². The van der Waals surface area contributed by atoms with Crippen LogP contribution in [0.15, 0.2) is 17.3 Å². The zero-order valence-electron chi connectivity index (χ0n) is 13.0. The Kier molecular flexibility index (Phi) is 5.03. The first-order valence-corrected chi connectivity index (χ1v) is 8.64. The van der Waals surface area contributed by atoms with Crippen LogP contribution in [0, 0.1) is 0 Å². The van der Waals surface area contributed by atoms with Crippen molar-refractivity contribution in [2.45, 2.75) is 43.9 Å². The van der Waals surface area contributed by atoms with Crippen molar-refractivity contribution in [3.05, 3.63) is 12.4 Å². The third kappa shape index (κ3) is 4.26. The summed E-state index contributed by atoms with van der Waals surface area (Å²) in [7, 11) is -1.80. The average Bonchev–Trinajstić information content (AvgIpc) is 2.82. The van der Waals surface area contributed by atoms with Gasteiger partial charge in [0, 0.05) is 38.9 Å². The number of hydrogen-bond donors (Lipinski definition) is 1. The SMILES string of the molecule is C[C@@H]1CN([C@@H](C)CNS(=O)(=O)c2cnn(C)c2)C[C@H](C)O1. The number of aryl methyl sites for hydroxylation is 1. The molecule has 1 aromatic heterocycles. The van der Waals surface area contributed by atoms with Crippen molar-refractivity contribution in [2.75, 3.05) is 19.6 Å². The summed E-state index contributed by atoms with van der Waals surface area (Å²) in [6, 6.07) is 0.116. The molecule has 8 heteroatoms. The van der Waals surface area contributed by atoms with Gasteiger partial charge in [-0.2, -0.15) is 5.10 Å². The van der Waals surface area contributed by atoms with Crippen LogP contribution in [-0.4, -0.2) is 61.0 Å². The predicted octanol–water partition coefficient (Wildman–Crippen LogP) is 0.196. The molecule has 0 amide bonds. The number of nitrogens with one attached hydrogen (secondary N) is 1. The fourth-order valence-electron chi connectivity index (χ4n) is 2.56. The molecule has 1 aliphatic heterocycles. The molecule has 0 spiro atoms. The van der Waals surface area contributed by atoms with E-state index in [1.54, 1.807) is 7.05 Å². The standard InChI is InChI=1S/C13H24N4O3S/c1-10(17-7-11(2)20-12(3)8-17)5-15-21(18,19)13-6-14-16(4)9-13/h6,9-12,15H,5,7-8H2,1-4H3/t10-,11-,12+/m0/s1. The van der Waals surface area contributed by atoms with Gasteiger partial charge in [0.2, 0.25) is 10.0 Å². The molecule has 0 saturated carbocycles. The summed E-state index contributed by atoms with van der Waals surface area (Å²) in [5, 5.41) is 3.89. The first-order valence-electron chi connectivity index (χ1n) is 7.15. The Morgan fingerprint density at radius 1 is 1.43 bits per heavy atom. The van der Waals surface area contributed by atoms with Crippen LogP contribution < -0.4 is 4.72 Å². The Labute approximate surface area is 126 Å². The van der Waals surface area contributed by atoms with E-state index in [9.17, 15) is 8.42 Å². The molecule has 1 aromatic rings. The highest BCUT2D eigenvalue weighted by Crippen LogP contribution is 2.14. The van der Waals surface area contributed by atoms with E-state index in [-0.39, 0.29) is 23.1 Å². The average molecular weight is 316 g/mol. The number of ether oxygens (including phenoxy) is 1. The quantitative estimate of drug-likeness (QED) is 0.839. The van der Waals surface area contributed by atoms with Crippen LogP contribution in [0.3, 0.4) is 0 Å². The molecule has 0 radical (unpaired) electrons. The van der Waals surface area contributed by atoms with Crippen molar-refractivity contribution in [3.63, 3.8) is 0 Å². The molecular weight excluding hydrogens is 292 g/mol. The highest BCUT2D eigenvalue weighted by molar-refractivity contribution is 7.89. The second-order valence-electron chi connectivity index (χ2n) is 5.76. The van der Waals surface area contributed by atoms with Crippen molar-refractivity contribution in [1.82, 2.24) is 19.4 Å². The van der Waals surface area contributed by atoms with Crippen molar-refractivity contribution >= 4 is 10.0 Å². The Morgan fingerprint density at radius 3 is 2.57 bits per heavy atom. The number of hydrogen-bond acceptors (Lipinski definition) is 5. The van der Waals surface area contributed by atoms with Crippen molar-refractivity contribution in [1.29, 1.82) is 0 Å². The lowest BCUT2D eigenvalue weighted by Gasteiger charge is -2.38. The largest absolute Gasteiger partial charge is 0.373 e. The molecule has 1 saturated heterocycles. The van der Waals surface area contributed by atoms with E-state index >= 15 is 0 Å². The van der Waals surface area contributed by atoms with Crippen molar-refractivity contribution in [3.8, 4) is 0 Å². The summed E-state index contributed by atoms with van der Waals surface area (Å²) >= 11 is 0. The van der Waals surface area contributed by atoms with E-state index in [0.717, 1.165) is 13.1 Å². The van der Waals surface area contributed by atoms with E-state index in [4.69, 9.17) is 4.74 Å². The number of nitrogens with zero attached hydrogens (tertiary/aromatic N) is 3. The number of sulfonamides is 1. The summed E-state index contributed by atoms with van der Waals surface area (Å²) in [6.45, 7) is 8.11. The summed E-state index contributed by atoms with van der Waals surface area (Å²) in [5.41, 5.74) is 0. The molecule has 120 valence electrons. The van der Waals surface area contributed by atoms with Crippen LogP contribution in [-0.2, 0) is 21.8 Å². The fraction of sp³-hybridized carbons (Fsp3) is 0.769. The lowest BCUT2D eigenvalue weighted by molar-refractivity contribution is -0.0776. The second-order valence-corrected chi connectivity index (χ2v) is 7.53. The number of morpholine rings is 1. The van der Waals surface area contributed by atoms with Gasteiger partial charge in [0.05, 0.1) is 18.4 Å². The van der Waals surface area contributed by atoms with E-state index in [1.165, 1.54) is 17.1 Å². The maximum absolute atomic E-state index is 12.2. The summed E-state index contributed by atoms with van der Waals surface area (Å²) < 4.78 is 34.1.